The van der Waals surface area contributed by atoms with Gasteiger partial charge in [0.15, 0.2) is 5.96 Å². The van der Waals surface area contributed by atoms with Gasteiger partial charge in [0.2, 0.25) is 0 Å². The molecule has 0 aromatic heterocycles. The van der Waals surface area contributed by atoms with E-state index in [9.17, 15) is 0 Å². The Morgan fingerprint density at radius 3 is 2.57 bits per heavy atom. The molecule has 1 aromatic carbocycles. The molecule has 2 aliphatic rings. The standard InChI is InChI=1S/C21H34N4OS.HI/c1-22-21(24-15-19-7-5-13-27-19)23-14-17-6-4-12-25(2)20(17)16-8-10-18(26-3)11-9-16;/h8-11,17,19-20H,4-7,12-15H2,1-3H3,(H2,22,23,24);1H. The van der Waals surface area contributed by atoms with Crippen molar-refractivity contribution in [3.63, 3.8) is 0 Å². The molecule has 3 atom stereocenters. The fraction of sp³-hybridized carbons (Fsp3) is 0.667. The summed E-state index contributed by atoms with van der Waals surface area (Å²) in [4.78, 5) is 6.92. The topological polar surface area (TPSA) is 48.9 Å². The summed E-state index contributed by atoms with van der Waals surface area (Å²) in [7, 11) is 5.83. The summed E-state index contributed by atoms with van der Waals surface area (Å²) in [6, 6.07) is 9.00. The number of likely N-dealkylation sites (tertiary alicyclic amines) is 1. The Balaban J connectivity index is 0.00000280. The first-order valence-electron chi connectivity index (χ1n) is 10.1. The number of ether oxygens (including phenoxy) is 1. The lowest BCUT2D eigenvalue weighted by molar-refractivity contribution is 0.122. The van der Waals surface area contributed by atoms with E-state index in [0.29, 0.717) is 12.0 Å². The van der Waals surface area contributed by atoms with Crippen LogP contribution in [-0.2, 0) is 0 Å². The first-order valence-corrected chi connectivity index (χ1v) is 11.2. The number of nitrogens with one attached hydrogen (secondary N) is 2. The molecular formula is C21H35IN4OS. The second-order valence-corrected chi connectivity index (χ2v) is 8.98. The van der Waals surface area contributed by atoms with E-state index in [2.05, 4.69) is 63.6 Å². The van der Waals surface area contributed by atoms with Crippen LogP contribution in [0, 0.1) is 5.92 Å². The number of halogens is 1. The fourth-order valence-corrected chi connectivity index (χ4v) is 5.47. The van der Waals surface area contributed by atoms with Gasteiger partial charge in [-0.05, 0) is 68.6 Å². The molecule has 3 rings (SSSR count). The van der Waals surface area contributed by atoms with E-state index in [-0.39, 0.29) is 24.0 Å². The van der Waals surface area contributed by atoms with Gasteiger partial charge in [0.25, 0.3) is 0 Å². The Morgan fingerprint density at radius 1 is 1.18 bits per heavy atom. The summed E-state index contributed by atoms with van der Waals surface area (Å²) < 4.78 is 5.32. The predicted molar refractivity (Wildman–Crippen MR) is 131 cm³/mol. The fourth-order valence-electron chi connectivity index (χ4n) is 4.27. The highest BCUT2D eigenvalue weighted by molar-refractivity contribution is 14.0. The quantitative estimate of drug-likeness (QED) is 0.341. The first-order chi connectivity index (χ1) is 13.2. The third kappa shape index (κ3) is 6.42. The van der Waals surface area contributed by atoms with E-state index in [4.69, 9.17) is 4.74 Å². The van der Waals surface area contributed by atoms with Gasteiger partial charge in [0.1, 0.15) is 5.75 Å². The molecule has 0 spiro atoms. The minimum absolute atomic E-state index is 0. The van der Waals surface area contributed by atoms with Crippen LogP contribution in [0.2, 0.25) is 0 Å². The van der Waals surface area contributed by atoms with Crippen molar-refractivity contribution in [1.82, 2.24) is 15.5 Å². The molecule has 28 heavy (non-hydrogen) atoms. The molecule has 0 saturated carbocycles. The molecule has 158 valence electrons. The Hall–Kier alpha value is -0.670. The second kappa shape index (κ2) is 12.1. The van der Waals surface area contributed by atoms with Gasteiger partial charge in [-0.15, -0.1) is 24.0 Å². The number of hydrogen-bond donors (Lipinski definition) is 2. The Kier molecular flexibility index (Phi) is 10.2. The van der Waals surface area contributed by atoms with Crippen molar-refractivity contribution >= 4 is 41.7 Å². The molecular weight excluding hydrogens is 483 g/mol. The molecule has 2 saturated heterocycles. The van der Waals surface area contributed by atoms with Gasteiger partial charge >= 0.3 is 0 Å². The monoisotopic (exact) mass is 518 g/mol. The Bertz CT molecular complexity index is 607. The third-order valence-corrected chi connectivity index (χ3v) is 7.14. The van der Waals surface area contributed by atoms with Crippen LogP contribution in [0.4, 0.5) is 0 Å². The van der Waals surface area contributed by atoms with Crippen molar-refractivity contribution in [2.45, 2.75) is 37.0 Å². The number of benzene rings is 1. The molecule has 2 N–H and O–H groups in total. The number of thioether (sulfide) groups is 1. The number of piperidine rings is 1. The summed E-state index contributed by atoms with van der Waals surface area (Å²) in [6.45, 7) is 3.11. The highest BCUT2D eigenvalue weighted by atomic mass is 127. The van der Waals surface area contributed by atoms with E-state index in [1.54, 1.807) is 7.11 Å². The largest absolute Gasteiger partial charge is 0.497 e. The maximum absolute atomic E-state index is 5.32. The smallest absolute Gasteiger partial charge is 0.191 e. The van der Waals surface area contributed by atoms with Crippen LogP contribution in [0.3, 0.4) is 0 Å². The van der Waals surface area contributed by atoms with Crippen molar-refractivity contribution in [3.05, 3.63) is 29.8 Å². The highest BCUT2D eigenvalue weighted by Crippen LogP contribution is 2.35. The summed E-state index contributed by atoms with van der Waals surface area (Å²) in [6.07, 6.45) is 5.16. The number of nitrogens with zero attached hydrogens (tertiary/aromatic N) is 2. The highest BCUT2D eigenvalue weighted by Gasteiger charge is 2.30. The van der Waals surface area contributed by atoms with Crippen LogP contribution >= 0.6 is 35.7 Å². The number of methoxy groups -OCH3 is 1. The average molecular weight is 519 g/mol. The molecule has 2 heterocycles. The lowest BCUT2D eigenvalue weighted by Crippen LogP contribution is -2.46. The lowest BCUT2D eigenvalue weighted by Gasteiger charge is -2.40. The van der Waals surface area contributed by atoms with Gasteiger partial charge in [-0.2, -0.15) is 11.8 Å². The van der Waals surface area contributed by atoms with Gasteiger partial charge in [-0.3, -0.25) is 9.89 Å². The summed E-state index contributed by atoms with van der Waals surface area (Å²) >= 11 is 2.08. The summed E-state index contributed by atoms with van der Waals surface area (Å²) in [5, 5.41) is 7.84. The summed E-state index contributed by atoms with van der Waals surface area (Å²) in [5.74, 6) is 3.72. The van der Waals surface area contributed by atoms with E-state index < -0.39 is 0 Å². The van der Waals surface area contributed by atoms with Crippen molar-refractivity contribution in [3.8, 4) is 5.75 Å². The van der Waals surface area contributed by atoms with Crippen molar-refractivity contribution in [2.75, 3.05) is 46.6 Å². The number of aliphatic imine (C=N–C) groups is 1. The average Bonchev–Trinajstić information content (AvgIpc) is 3.22. The first kappa shape index (κ1) is 23.6. The van der Waals surface area contributed by atoms with E-state index >= 15 is 0 Å². The van der Waals surface area contributed by atoms with E-state index in [0.717, 1.165) is 36.6 Å². The molecule has 2 aliphatic heterocycles. The van der Waals surface area contributed by atoms with Crippen LogP contribution in [0.25, 0.3) is 0 Å². The maximum atomic E-state index is 5.32. The minimum Gasteiger partial charge on any atom is -0.497 e. The van der Waals surface area contributed by atoms with Gasteiger partial charge in [-0.25, -0.2) is 0 Å². The van der Waals surface area contributed by atoms with Crippen LogP contribution in [0.1, 0.15) is 37.3 Å². The molecule has 7 heteroatoms. The Labute approximate surface area is 191 Å². The Morgan fingerprint density at radius 2 is 1.93 bits per heavy atom. The molecule has 2 fully saturated rings. The molecule has 1 aromatic rings. The zero-order chi connectivity index (χ0) is 19.1. The molecule has 5 nitrogen and oxygen atoms in total. The maximum Gasteiger partial charge on any atom is 0.191 e. The van der Waals surface area contributed by atoms with Crippen molar-refractivity contribution in [2.24, 2.45) is 10.9 Å². The predicted octanol–water partition coefficient (Wildman–Crippen LogP) is 3.76. The zero-order valence-corrected chi connectivity index (χ0v) is 20.5. The van der Waals surface area contributed by atoms with Crippen LogP contribution in [0.15, 0.2) is 29.3 Å². The lowest BCUT2D eigenvalue weighted by atomic mass is 9.85. The summed E-state index contributed by atoms with van der Waals surface area (Å²) in [5.41, 5.74) is 1.37. The van der Waals surface area contributed by atoms with Gasteiger partial charge < -0.3 is 15.4 Å². The van der Waals surface area contributed by atoms with Crippen LogP contribution < -0.4 is 15.4 Å². The zero-order valence-electron chi connectivity index (χ0n) is 17.3. The van der Waals surface area contributed by atoms with E-state index in [1.165, 1.54) is 37.0 Å². The molecule has 0 bridgehead atoms. The van der Waals surface area contributed by atoms with Crippen LogP contribution in [-0.4, -0.2) is 62.7 Å². The normalized spacial score (nSPS) is 25.8. The van der Waals surface area contributed by atoms with E-state index in [1.807, 2.05) is 7.05 Å². The van der Waals surface area contributed by atoms with Crippen molar-refractivity contribution in [1.29, 1.82) is 0 Å². The van der Waals surface area contributed by atoms with Gasteiger partial charge in [-0.1, -0.05) is 12.1 Å². The van der Waals surface area contributed by atoms with Gasteiger partial charge in [0.05, 0.1) is 7.11 Å². The molecule has 0 aliphatic carbocycles. The minimum atomic E-state index is 0. The van der Waals surface area contributed by atoms with Crippen LogP contribution in [0.5, 0.6) is 5.75 Å². The second-order valence-electron chi connectivity index (χ2n) is 7.57. The number of guanidine groups is 1. The SMILES string of the molecule is CN=C(NCC1CCCS1)NCC1CCCN(C)C1c1ccc(OC)cc1.I. The number of rotatable bonds is 6. The molecule has 0 amide bonds. The number of hydrogen-bond acceptors (Lipinski definition) is 4. The third-order valence-electron chi connectivity index (χ3n) is 5.74. The molecule has 3 unspecified atom stereocenters. The van der Waals surface area contributed by atoms with Crippen molar-refractivity contribution < 1.29 is 4.74 Å². The van der Waals surface area contributed by atoms with Gasteiger partial charge in [0, 0.05) is 31.4 Å². The molecule has 0 radical (unpaired) electrons.